The largest absolute Gasteiger partial charge is 0.269 e. The van der Waals surface area contributed by atoms with Gasteiger partial charge in [0.25, 0.3) is 0 Å². The molecule has 1 aliphatic heterocycles. The predicted molar refractivity (Wildman–Crippen MR) is 64.0 cm³/mol. The summed E-state index contributed by atoms with van der Waals surface area (Å²) in [5.74, 6) is 0. The van der Waals surface area contributed by atoms with Gasteiger partial charge in [-0.2, -0.15) is 0 Å². The van der Waals surface area contributed by atoms with Crippen molar-refractivity contribution in [3.63, 3.8) is 0 Å². The lowest BCUT2D eigenvalue weighted by atomic mass is 10.0. The van der Waals surface area contributed by atoms with Crippen LogP contribution in [-0.2, 0) is 16.4 Å². The van der Waals surface area contributed by atoms with Gasteiger partial charge in [0.2, 0.25) is 10.0 Å². The van der Waals surface area contributed by atoms with E-state index in [2.05, 4.69) is 4.98 Å². The second-order valence-electron chi connectivity index (χ2n) is 4.15. The summed E-state index contributed by atoms with van der Waals surface area (Å²) in [6, 6.07) is 1.92. The van der Waals surface area contributed by atoms with Gasteiger partial charge in [-0.1, -0.05) is 6.42 Å². The number of hydrogen-bond donors (Lipinski definition) is 0. The van der Waals surface area contributed by atoms with Gasteiger partial charge in [-0.05, 0) is 30.9 Å². The smallest absolute Gasteiger partial charge is 0.232 e. The summed E-state index contributed by atoms with van der Waals surface area (Å²) in [6.45, 7) is 0.567. The van der Waals surface area contributed by atoms with Crippen LogP contribution in [0.15, 0.2) is 18.5 Å². The van der Waals surface area contributed by atoms with E-state index < -0.39 is 10.0 Å². The highest BCUT2D eigenvalue weighted by atomic mass is 32.2. The summed E-state index contributed by atoms with van der Waals surface area (Å²) in [6.07, 6.45) is 8.68. The number of aryl methyl sites for hydroxylation is 1. The van der Waals surface area contributed by atoms with Crippen molar-refractivity contribution in [2.24, 2.45) is 0 Å². The van der Waals surface area contributed by atoms with Crippen molar-refractivity contribution in [1.29, 1.82) is 0 Å². The summed E-state index contributed by atoms with van der Waals surface area (Å²) in [5.41, 5.74) is 1.84. The molecule has 5 heteroatoms. The van der Waals surface area contributed by atoms with Gasteiger partial charge in [0.15, 0.2) is 0 Å². The zero-order valence-electron chi connectivity index (χ0n) is 9.39. The Labute approximate surface area is 96.4 Å². The van der Waals surface area contributed by atoms with Crippen LogP contribution in [0.5, 0.6) is 0 Å². The molecule has 0 atom stereocenters. The minimum Gasteiger partial charge on any atom is -0.269 e. The highest BCUT2D eigenvalue weighted by Crippen LogP contribution is 2.26. The number of nitrogens with zero attached hydrogens (tertiary/aromatic N) is 2. The van der Waals surface area contributed by atoms with Gasteiger partial charge >= 0.3 is 0 Å². The van der Waals surface area contributed by atoms with Gasteiger partial charge in [-0.3, -0.25) is 9.29 Å². The van der Waals surface area contributed by atoms with Crippen molar-refractivity contribution in [1.82, 2.24) is 4.98 Å². The second-order valence-corrected chi connectivity index (χ2v) is 6.06. The Hall–Kier alpha value is -1.10. The SMILES string of the molecule is CS(=O)(=O)N1CCCCCc2ccncc21. The maximum Gasteiger partial charge on any atom is 0.232 e. The molecule has 0 unspecified atom stereocenters. The molecule has 4 nitrogen and oxygen atoms in total. The fourth-order valence-corrected chi connectivity index (χ4v) is 3.05. The number of rotatable bonds is 1. The Morgan fingerprint density at radius 2 is 2.12 bits per heavy atom. The minimum atomic E-state index is -3.19. The van der Waals surface area contributed by atoms with Crippen molar-refractivity contribution in [3.8, 4) is 0 Å². The standard InChI is InChI=1S/C11H16N2O2S/c1-16(14,15)13-8-4-2-3-5-10-6-7-12-9-11(10)13/h6-7,9H,2-5,8H2,1H3. The molecule has 1 aliphatic rings. The molecule has 2 heterocycles. The Bertz CT molecular complexity index is 471. The molecule has 0 radical (unpaired) electrons. The lowest BCUT2D eigenvalue weighted by Crippen LogP contribution is -2.32. The van der Waals surface area contributed by atoms with E-state index in [1.165, 1.54) is 10.6 Å². The Balaban J connectivity index is 2.47. The van der Waals surface area contributed by atoms with Gasteiger partial charge in [0.05, 0.1) is 18.1 Å². The van der Waals surface area contributed by atoms with Crippen LogP contribution in [0.25, 0.3) is 0 Å². The highest BCUT2D eigenvalue weighted by molar-refractivity contribution is 7.92. The van der Waals surface area contributed by atoms with Gasteiger partial charge < -0.3 is 0 Å². The molecule has 2 rings (SSSR count). The fraction of sp³-hybridized carbons (Fsp3) is 0.545. The molecule has 0 fully saturated rings. The topological polar surface area (TPSA) is 50.3 Å². The number of anilines is 1. The molecule has 1 aromatic rings. The van der Waals surface area contributed by atoms with Gasteiger partial charge in [0, 0.05) is 12.7 Å². The summed E-state index contributed by atoms with van der Waals surface area (Å²) in [5, 5.41) is 0. The Morgan fingerprint density at radius 3 is 2.88 bits per heavy atom. The summed E-state index contributed by atoms with van der Waals surface area (Å²) < 4.78 is 24.9. The molecule has 88 valence electrons. The highest BCUT2D eigenvalue weighted by Gasteiger charge is 2.21. The molecule has 0 aromatic carbocycles. The van der Waals surface area contributed by atoms with Crippen LogP contribution in [-0.4, -0.2) is 26.2 Å². The Morgan fingerprint density at radius 1 is 1.31 bits per heavy atom. The summed E-state index contributed by atoms with van der Waals surface area (Å²) in [4.78, 5) is 4.03. The van der Waals surface area contributed by atoms with Crippen LogP contribution in [0.3, 0.4) is 0 Å². The molecule has 1 aromatic heterocycles. The van der Waals surface area contributed by atoms with E-state index in [0.29, 0.717) is 6.54 Å². The van der Waals surface area contributed by atoms with Crippen molar-refractivity contribution >= 4 is 15.7 Å². The molecule has 16 heavy (non-hydrogen) atoms. The van der Waals surface area contributed by atoms with E-state index >= 15 is 0 Å². The van der Waals surface area contributed by atoms with Crippen LogP contribution in [0.2, 0.25) is 0 Å². The maximum atomic E-state index is 11.7. The first-order chi connectivity index (χ1) is 7.59. The minimum absolute atomic E-state index is 0.567. The van der Waals surface area contributed by atoms with Crippen molar-refractivity contribution in [2.75, 3.05) is 17.1 Å². The first-order valence-corrected chi connectivity index (χ1v) is 7.34. The van der Waals surface area contributed by atoms with Crippen molar-refractivity contribution in [2.45, 2.75) is 25.7 Å². The van der Waals surface area contributed by atoms with Gasteiger partial charge in [0.1, 0.15) is 0 Å². The first kappa shape index (κ1) is 11.4. The fourth-order valence-electron chi connectivity index (χ4n) is 2.06. The molecule has 0 amide bonds. The van der Waals surface area contributed by atoms with E-state index in [-0.39, 0.29) is 0 Å². The van der Waals surface area contributed by atoms with Gasteiger partial charge in [-0.15, -0.1) is 0 Å². The molecule has 0 saturated carbocycles. The second kappa shape index (κ2) is 4.41. The van der Waals surface area contributed by atoms with E-state index in [1.54, 1.807) is 12.4 Å². The average molecular weight is 240 g/mol. The quantitative estimate of drug-likeness (QED) is 0.748. The number of sulfonamides is 1. The molecule has 0 saturated heterocycles. The van der Waals surface area contributed by atoms with Crippen molar-refractivity contribution < 1.29 is 8.42 Å². The third kappa shape index (κ3) is 2.35. The van der Waals surface area contributed by atoms with Crippen LogP contribution in [0, 0.1) is 0 Å². The lowest BCUT2D eigenvalue weighted by molar-refractivity contribution is 0.588. The predicted octanol–water partition coefficient (Wildman–Crippen LogP) is 1.57. The molecule has 0 aliphatic carbocycles. The third-order valence-electron chi connectivity index (χ3n) is 2.86. The van der Waals surface area contributed by atoms with E-state index in [1.807, 2.05) is 6.07 Å². The van der Waals surface area contributed by atoms with Crippen molar-refractivity contribution in [3.05, 3.63) is 24.0 Å². The summed E-state index contributed by atoms with van der Waals surface area (Å²) in [7, 11) is -3.19. The molecule has 0 spiro atoms. The van der Waals surface area contributed by atoms with E-state index in [9.17, 15) is 8.42 Å². The lowest BCUT2D eigenvalue weighted by Gasteiger charge is -2.26. The van der Waals surface area contributed by atoms with Gasteiger partial charge in [-0.25, -0.2) is 8.42 Å². The Kier molecular flexibility index (Phi) is 3.14. The molecular weight excluding hydrogens is 224 g/mol. The van der Waals surface area contributed by atoms with Crippen LogP contribution < -0.4 is 4.31 Å². The zero-order valence-corrected chi connectivity index (χ0v) is 10.2. The van der Waals surface area contributed by atoms with Crippen LogP contribution in [0.1, 0.15) is 24.8 Å². The normalized spacial score (nSPS) is 17.4. The van der Waals surface area contributed by atoms with Crippen LogP contribution in [0.4, 0.5) is 5.69 Å². The average Bonchev–Trinajstić information content (AvgIpc) is 2.17. The number of aromatic nitrogens is 1. The monoisotopic (exact) mass is 240 g/mol. The zero-order chi connectivity index (χ0) is 11.6. The number of fused-ring (bicyclic) bond motifs is 1. The molecule has 0 N–H and O–H groups in total. The van der Waals surface area contributed by atoms with E-state index in [4.69, 9.17) is 0 Å². The maximum absolute atomic E-state index is 11.7. The third-order valence-corrected chi connectivity index (χ3v) is 4.04. The number of pyridine rings is 1. The summed E-state index contributed by atoms with van der Waals surface area (Å²) >= 11 is 0. The van der Waals surface area contributed by atoms with Crippen LogP contribution >= 0.6 is 0 Å². The number of hydrogen-bond acceptors (Lipinski definition) is 3. The first-order valence-electron chi connectivity index (χ1n) is 5.49. The molecule has 0 bridgehead atoms. The molecular formula is C11H16N2O2S. The van der Waals surface area contributed by atoms with E-state index in [0.717, 1.165) is 36.9 Å².